The van der Waals surface area contributed by atoms with Crippen molar-refractivity contribution in [2.24, 2.45) is 0 Å². The maximum absolute atomic E-state index is 13.2. The highest BCUT2D eigenvalue weighted by Crippen LogP contribution is 2.24. The SMILES string of the molecule is CCCNC(Cc1ccc(F)cc1C)C1CCC(C)O1. The molecule has 0 bridgehead atoms. The quantitative estimate of drug-likeness (QED) is 0.859. The van der Waals surface area contributed by atoms with Crippen LogP contribution >= 0.6 is 0 Å². The molecule has 3 atom stereocenters. The van der Waals surface area contributed by atoms with E-state index in [0.29, 0.717) is 12.1 Å². The molecule has 3 heteroatoms. The Morgan fingerprint density at radius 3 is 2.80 bits per heavy atom. The summed E-state index contributed by atoms with van der Waals surface area (Å²) in [4.78, 5) is 0. The van der Waals surface area contributed by atoms with Gasteiger partial charge in [0.2, 0.25) is 0 Å². The minimum Gasteiger partial charge on any atom is -0.374 e. The molecule has 1 N–H and O–H groups in total. The van der Waals surface area contributed by atoms with E-state index in [9.17, 15) is 4.39 Å². The van der Waals surface area contributed by atoms with Gasteiger partial charge in [0, 0.05) is 6.04 Å². The molecule has 1 heterocycles. The summed E-state index contributed by atoms with van der Waals surface area (Å²) in [6, 6.07) is 5.40. The molecular weight excluding hydrogens is 253 g/mol. The fourth-order valence-electron chi connectivity index (χ4n) is 2.92. The van der Waals surface area contributed by atoms with E-state index in [2.05, 4.69) is 19.2 Å². The largest absolute Gasteiger partial charge is 0.374 e. The van der Waals surface area contributed by atoms with Crippen molar-refractivity contribution in [2.45, 2.75) is 64.7 Å². The average molecular weight is 279 g/mol. The first-order chi connectivity index (χ1) is 9.60. The minimum absolute atomic E-state index is 0.157. The van der Waals surface area contributed by atoms with Gasteiger partial charge in [-0.05, 0) is 69.3 Å². The number of halogens is 1. The van der Waals surface area contributed by atoms with Gasteiger partial charge >= 0.3 is 0 Å². The van der Waals surface area contributed by atoms with Crippen LogP contribution in [0.1, 0.15) is 44.2 Å². The van der Waals surface area contributed by atoms with Crippen LogP contribution in [0.2, 0.25) is 0 Å². The van der Waals surface area contributed by atoms with E-state index >= 15 is 0 Å². The second-order valence-electron chi connectivity index (χ2n) is 5.90. The van der Waals surface area contributed by atoms with Crippen LogP contribution < -0.4 is 5.32 Å². The number of rotatable bonds is 6. The Morgan fingerprint density at radius 1 is 1.40 bits per heavy atom. The highest BCUT2D eigenvalue weighted by Gasteiger charge is 2.29. The second kappa shape index (κ2) is 7.19. The predicted octanol–water partition coefficient (Wildman–Crippen LogP) is 3.61. The summed E-state index contributed by atoms with van der Waals surface area (Å²) in [5.74, 6) is -0.157. The molecule has 1 aromatic rings. The molecule has 0 spiro atoms. The monoisotopic (exact) mass is 279 g/mol. The van der Waals surface area contributed by atoms with Crippen molar-refractivity contribution >= 4 is 0 Å². The summed E-state index contributed by atoms with van der Waals surface area (Å²) >= 11 is 0. The fourth-order valence-corrected chi connectivity index (χ4v) is 2.92. The Bertz CT molecular complexity index is 435. The molecule has 2 nitrogen and oxygen atoms in total. The Hall–Kier alpha value is -0.930. The first kappa shape index (κ1) is 15.5. The molecule has 0 aliphatic carbocycles. The molecule has 1 aromatic carbocycles. The van der Waals surface area contributed by atoms with E-state index < -0.39 is 0 Å². The molecule has 1 saturated heterocycles. The summed E-state index contributed by atoms with van der Waals surface area (Å²) in [6.45, 7) is 7.29. The maximum Gasteiger partial charge on any atom is 0.123 e. The van der Waals surface area contributed by atoms with Gasteiger partial charge in [0.15, 0.2) is 0 Å². The molecule has 0 aromatic heterocycles. The van der Waals surface area contributed by atoms with Crippen molar-refractivity contribution < 1.29 is 9.13 Å². The van der Waals surface area contributed by atoms with Gasteiger partial charge in [-0.3, -0.25) is 0 Å². The first-order valence-corrected chi connectivity index (χ1v) is 7.74. The zero-order valence-corrected chi connectivity index (χ0v) is 12.8. The lowest BCUT2D eigenvalue weighted by atomic mass is 9.96. The lowest BCUT2D eigenvalue weighted by Crippen LogP contribution is -2.42. The molecule has 0 amide bonds. The highest BCUT2D eigenvalue weighted by molar-refractivity contribution is 5.27. The van der Waals surface area contributed by atoms with E-state index in [0.717, 1.165) is 37.8 Å². The van der Waals surface area contributed by atoms with Gasteiger partial charge in [-0.2, -0.15) is 0 Å². The number of hydrogen-bond donors (Lipinski definition) is 1. The molecule has 0 saturated carbocycles. The molecule has 1 fully saturated rings. The molecule has 2 rings (SSSR count). The Kier molecular flexibility index (Phi) is 5.55. The number of benzene rings is 1. The van der Waals surface area contributed by atoms with E-state index in [-0.39, 0.29) is 11.9 Å². The van der Waals surface area contributed by atoms with Gasteiger partial charge in [-0.1, -0.05) is 13.0 Å². The van der Waals surface area contributed by atoms with Crippen LogP contribution in [0.15, 0.2) is 18.2 Å². The molecular formula is C17H26FNO. The van der Waals surface area contributed by atoms with E-state index in [1.165, 1.54) is 5.56 Å². The average Bonchev–Trinajstić information content (AvgIpc) is 2.83. The van der Waals surface area contributed by atoms with Crippen LogP contribution in [0, 0.1) is 12.7 Å². The summed E-state index contributed by atoms with van der Waals surface area (Å²) in [5.41, 5.74) is 2.24. The van der Waals surface area contributed by atoms with E-state index in [4.69, 9.17) is 4.74 Å². The fraction of sp³-hybridized carbons (Fsp3) is 0.647. The summed E-state index contributed by atoms with van der Waals surface area (Å²) in [6.07, 6.45) is 4.91. The number of nitrogens with one attached hydrogen (secondary N) is 1. The topological polar surface area (TPSA) is 21.3 Å². The number of aryl methyl sites for hydroxylation is 1. The second-order valence-corrected chi connectivity index (χ2v) is 5.90. The summed E-state index contributed by atoms with van der Waals surface area (Å²) in [7, 11) is 0. The van der Waals surface area contributed by atoms with Crippen molar-refractivity contribution in [3.05, 3.63) is 35.1 Å². The van der Waals surface area contributed by atoms with Crippen LogP contribution in [0.5, 0.6) is 0 Å². The van der Waals surface area contributed by atoms with Gasteiger partial charge in [0.05, 0.1) is 12.2 Å². The van der Waals surface area contributed by atoms with Gasteiger partial charge in [0.25, 0.3) is 0 Å². The third kappa shape index (κ3) is 4.03. The van der Waals surface area contributed by atoms with Gasteiger partial charge < -0.3 is 10.1 Å². The Balaban J connectivity index is 2.06. The van der Waals surface area contributed by atoms with Crippen molar-refractivity contribution in [1.29, 1.82) is 0 Å². The maximum atomic E-state index is 13.2. The number of ether oxygens (including phenoxy) is 1. The summed E-state index contributed by atoms with van der Waals surface area (Å²) < 4.78 is 19.2. The highest BCUT2D eigenvalue weighted by atomic mass is 19.1. The zero-order chi connectivity index (χ0) is 14.5. The lowest BCUT2D eigenvalue weighted by molar-refractivity contribution is 0.0320. The molecule has 20 heavy (non-hydrogen) atoms. The van der Waals surface area contributed by atoms with Gasteiger partial charge in [-0.25, -0.2) is 4.39 Å². The summed E-state index contributed by atoms with van der Waals surface area (Å²) in [5, 5.41) is 3.60. The molecule has 112 valence electrons. The zero-order valence-electron chi connectivity index (χ0n) is 12.8. The van der Waals surface area contributed by atoms with Crippen molar-refractivity contribution in [3.63, 3.8) is 0 Å². The number of hydrogen-bond acceptors (Lipinski definition) is 2. The van der Waals surface area contributed by atoms with Crippen LogP contribution in [-0.2, 0) is 11.2 Å². The third-order valence-corrected chi connectivity index (χ3v) is 4.11. The molecule has 3 unspecified atom stereocenters. The Labute approximate surface area is 121 Å². The van der Waals surface area contributed by atoms with E-state index in [1.54, 1.807) is 12.1 Å². The van der Waals surface area contributed by atoms with Crippen molar-refractivity contribution in [2.75, 3.05) is 6.54 Å². The van der Waals surface area contributed by atoms with Crippen LogP contribution in [0.25, 0.3) is 0 Å². The Morgan fingerprint density at radius 2 is 2.20 bits per heavy atom. The molecule has 1 aliphatic rings. The van der Waals surface area contributed by atoms with Gasteiger partial charge in [0.1, 0.15) is 5.82 Å². The van der Waals surface area contributed by atoms with Crippen molar-refractivity contribution in [3.8, 4) is 0 Å². The standard InChI is InChI=1S/C17H26FNO/c1-4-9-19-16(17-8-5-13(3)20-17)11-14-6-7-15(18)10-12(14)2/h6-7,10,13,16-17,19H,4-5,8-9,11H2,1-3H3. The van der Waals surface area contributed by atoms with E-state index in [1.807, 2.05) is 13.0 Å². The predicted molar refractivity (Wildman–Crippen MR) is 80.5 cm³/mol. The normalized spacial score (nSPS) is 24.0. The lowest BCUT2D eigenvalue weighted by Gasteiger charge is -2.25. The molecule has 1 aliphatic heterocycles. The van der Waals surface area contributed by atoms with Crippen molar-refractivity contribution in [1.82, 2.24) is 5.32 Å². The minimum atomic E-state index is -0.157. The first-order valence-electron chi connectivity index (χ1n) is 7.74. The smallest absolute Gasteiger partial charge is 0.123 e. The van der Waals surface area contributed by atoms with Crippen LogP contribution in [-0.4, -0.2) is 24.8 Å². The van der Waals surface area contributed by atoms with Crippen LogP contribution in [0.3, 0.4) is 0 Å². The molecule has 0 radical (unpaired) electrons. The van der Waals surface area contributed by atoms with Crippen LogP contribution in [0.4, 0.5) is 4.39 Å². The third-order valence-electron chi connectivity index (χ3n) is 4.11. The van der Waals surface area contributed by atoms with Gasteiger partial charge in [-0.15, -0.1) is 0 Å².